The molecule has 0 amide bonds. The van der Waals surface area contributed by atoms with Crippen LogP contribution in [-0.2, 0) is 0 Å². The molecule has 0 aliphatic rings. The number of halogens is 1. The van der Waals surface area contributed by atoms with Gasteiger partial charge in [0.15, 0.2) is 0 Å². The zero-order valence-electron chi connectivity index (χ0n) is 9.97. The van der Waals surface area contributed by atoms with Gasteiger partial charge in [0, 0.05) is 18.1 Å². The van der Waals surface area contributed by atoms with Gasteiger partial charge < -0.3 is 9.84 Å². The van der Waals surface area contributed by atoms with Gasteiger partial charge >= 0.3 is 0 Å². The molecule has 2 aromatic carbocycles. The summed E-state index contributed by atoms with van der Waals surface area (Å²) in [6, 6.07) is 15.6. The molecule has 18 heavy (non-hydrogen) atoms. The van der Waals surface area contributed by atoms with Crippen LogP contribution in [0.25, 0.3) is 11.1 Å². The summed E-state index contributed by atoms with van der Waals surface area (Å²) in [5, 5.41) is 9.41. The molecule has 0 fully saturated rings. The van der Waals surface area contributed by atoms with Crippen LogP contribution in [0.1, 0.15) is 6.42 Å². The number of hydrogen-bond acceptors (Lipinski definition) is 2. The van der Waals surface area contributed by atoms with Crippen LogP contribution in [0.2, 0.25) is 5.02 Å². The number of benzene rings is 2. The highest BCUT2D eigenvalue weighted by Gasteiger charge is 1.99. The Morgan fingerprint density at radius 2 is 1.44 bits per heavy atom. The highest BCUT2D eigenvalue weighted by atomic mass is 35.5. The largest absolute Gasteiger partial charge is 0.494 e. The van der Waals surface area contributed by atoms with Gasteiger partial charge in [0.05, 0.1) is 6.61 Å². The van der Waals surface area contributed by atoms with Gasteiger partial charge in [0.2, 0.25) is 0 Å². The number of hydrogen-bond donors (Lipinski definition) is 1. The molecule has 0 radical (unpaired) electrons. The molecule has 0 atom stereocenters. The van der Waals surface area contributed by atoms with Gasteiger partial charge in [-0.25, -0.2) is 0 Å². The molecule has 0 unspecified atom stereocenters. The van der Waals surface area contributed by atoms with E-state index in [0.717, 1.165) is 21.9 Å². The first-order chi connectivity index (χ1) is 8.79. The van der Waals surface area contributed by atoms with Crippen LogP contribution in [0.5, 0.6) is 5.75 Å². The summed E-state index contributed by atoms with van der Waals surface area (Å²) in [5.74, 6) is 0.821. The SMILES string of the molecule is OCCCOc1ccc(-c2ccc(Cl)cc2)cc1. The third-order valence-electron chi connectivity index (χ3n) is 2.60. The van der Waals surface area contributed by atoms with Crippen molar-refractivity contribution in [1.82, 2.24) is 0 Å². The zero-order valence-corrected chi connectivity index (χ0v) is 10.7. The fourth-order valence-electron chi connectivity index (χ4n) is 1.64. The van der Waals surface area contributed by atoms with E-state index in [2.05, 4.69) is 0 Å². The van der Waals surface area contributed by atoms with Crippen LogP contribution in [0, 0.1) is 0 Å². The minimum atomic E-state index is 0.156. The van der Waals surface area contributed by atoms with Crippen LogP contribution in [0.4, 0.5) is 0 Å². The van der Waals surface area contributed by atoms with Crippen molar-refractivity contribution in [3.8, 4) is 16.9 Å². The minimum absolute atomic E-state index is 0.156. The molecule has 0 bridgehead atoms. The Kier molecular flexibility index (Phi) is 4.62. The second kappa shape index (κ2) is 6.43. The average molecular weight is 263 g/mol. The predicted molar refractivity (Wildman–Crippen MR) is 74.1 cm³/mol. The Hall–Kier alpha value is -1.51. The van der Waals surface area contributed by atoms with Crippen molar-refractivity contribution in [1.29, 1.82) is 0 Å². The second-order valence-electron chi connectivity index (χ2n) is 3.96. The van der Waals surface area contributed by atoms with Crippen molar-refractivity contribution in [3.05, 3.63) is 53.6 Å². The fourth-order valence-corrected chi connectivity index (χ4v) is 1.77. The van der Waals surface area contributed by atoms with Crippen LogP contribution in [-0.4, -0.2) is 18.3 Å². The van der Waals surface area contributed by atoms with Crippen molar-refractivity contribution < 1.29 is 9.84 Å². The molecule has 2 rings (SSSR count). The molecule has 0 saturated heterocycles. The number of aliphatic hydroxyl groups is 1. The molecule has 0 aliphatic heterocycles. The first-order valence-electron chi connectivity index (χ1n) is 5.89. The first-order valence-corrected chi connectivity index (χ1v) is 6.27. The molecule has 0 aromatic heterocycles. The Labute approximate surface area is 112 Å². The Morgan fingerprint density at radius 3 is 2.00 bits per heavy atom. The average Bonchev–Trinajstić information content (AvgIpc) is 2.41. The molecular formula is C15H15ClO2. The Morgan fingerprint density at radius 1 is 0.889 bits per heavy atom. The van der Waals surface area contributed by atoms with E-state index in [1.54, 1.807) is 0 Å². The van der Waals surface area contributed by atoms with Gasteiger partial charge in [-0.05, 0) is 35.4 Å². The molecule has 0 aliphatic carbocycles. The molecule has 2 aromatic rings. The summed E-state index contributed by atoms with van der Waals surface area (Å²) in [5.41, 5.74) is 2.25. The van der Waals surface area contributed by atoms with Crippen molar-refractivity contribution in [2.24, 2.45) is 0 Å². The normalized spacial score (nSPS) is 10.3. The molecule has 1 N–H and O–H groups in total. The highest BCUT2D eigenvalue weighted by molar-refractivity contribution is 6.30. The lowest BCUT2D eigenvalue weighted by molar-refractivity contribution is 0.233. The van der Waals surface area contributed by atoms with Crippen molar-refractivity contribution in [3.63, 3.8) is 0 Å². The molecule has 94 valence electrons. The van der Waals surface area contributed by atoms with E-state index < -0.39 is 0 Å². The van der Waals surface area contributed by atoms with E-state index in [-0.39, 0.29) is 6.61 Å². The Bertz CT molecular complexity index is 477. The molecular weight excluding hydrogens is 248 g/mol. The van der Waals surface area contributed by atoms with E-state index in [1.165, 1.54) is 0 Å². The molecule has 0 saturated carbocycles. The number of rotatable bonds is 5. The topological polar surface area (TPSA) is 29.5 Å². The summed E-state index contributed by atoms with van der Waals surface area (Å²) < 4.78 is 5.48. The van der Waals surface area contributed by atoms with Crippen LogP contribution >= 0.6 is 11.6 Å². The van der Waals surface area contributed by atoms with E-state index in [4.69, 9.17) is 21.4 Å². The van der Waals surface area contributed by atoms with E-state index in [1.807, 2.05) is 48.5 Å². The van der Waals surface area contributed by atoms with Crippen LogP contribution in [0.15, 0.2) is 48.5 Å². The van der Waals surface area contributed by atoms with Gasteiger partial charge in [0.25, 0.3) is 0 Å². The maximum absolute atomic E-state index is 8.67. The first kappa shape index (κ1) is 12.9. The van der Waals surface area contributed by atoms with E-state index in [9.17, 15) is 0 Å². The lowest BCUT2D eigenvalue weighted by Crippen LogP contribution is -1.99. The third-order valence-corrected chi connectivity index (χ3v) is 2.86. The maximum atomic E-state index is 8.67. The van der Waals surface area contributed by atoms with Gasteiger partial charge in [0.1, 0.15) is 5.75 Å². The maximum Gasteiger partial charge on any atom is 0.119 e. The standard InChI is InChI=1S/C15H15ClO2/c16-14-6-2-12(3-7-14)13-4-8-15(9-5-13)18-11-1-10-17/h2-9,17H,1,10-11H2. The lowest BCUT2D eigenvalue weighted by Gasteiger charge is -2.06. The molecule has 3 heteroatoms. The highest BCUT2D eigenvalue weighted by Crippen LogP contribution is 2.23. The summed E-state index contributed by atoms with van der Waals surface area (Å²) >= 11 is 5.85. The van der Waals surface area contributed by atoms with Crippen LogP contribution in [0.3, 0.4) is 0 Å². The Balaban J connectivity index is 2.05. The third kappa shape index (κ3) is 3.49. The number of aliphatic hydroxyl groups excluding tert-OH is 1. The van der Waals surface area contributed by atoms with Gasteiger partial charge in [-0.15, -0.1) is 0 Å². The van der Waals surface area contributed by atoms with Gasteiger partial charge in [-0.2, -0.15) is 0 Å². The summed E-state index contributed by atoms with van der Waals surface area (Å²) in [4.78, 5) is 0. The monoisotopic (exact) mass is 262 g/mol. The van der Waals surface area contributed by atoms with Crippen molar-refractivity contribution >= 4 is 11.6 Å². The second-order valence-corrected chi connectivity index (χ2v) is 4.39. The summed E-state index contributed by atoms with van der Waals surface area (Å²) in [6.07, 6.45) is 0.652. The van der Waals surface area contributed by atoms with Gasteiger partial charge in [-0.1, -0.05) is 35.9 Å². The molecule has 2 nitrogen and oxygen atoms in total. The van der Waals surface area contributed by atoms with Crippen molar-refractivity contribution in [2.45, 2.75) is 6.42 Å². The zero-order chi connectivity index (χ0) is 12.8. The van der Waals surface area contributed by atoms with Crippen molar-refractivity contribution in [2.75, 3.05) is 13.2 Å². The van der Waals surface area contributed by atoms with E-state index in [0.29, 0.717) is 13.0 Å². The minimum Gasteiger partial charge on any atom is -0.494 e. The predicted octanol–water partition coefficient (Wildman–Crippen LogP) is 3.77. The van der Waals surface area contributed by atoms with Gasteiger partial charge in [-0.3, -0.25) is 0 Å². The van der Waals surface area contributed by atoms with E-state index >= 15 is 0 Å². The number of ether oxygens (including phenoxy) is 1. The lowest BCUT2D eigenvalue weighted by atomic mass is 10.1. The fraction of sp³-hybridized carbons (Fsp3) is 0.200. The quantitative estimate of drug-likeness (QED) is 0.832. The molecule has 0 heterocycles. The summed E-state index contributed by atoms with van der Waals surface area (Å²) in [7, 11) is 0. The van der Waals surface area contributed by atoms with Crippen LogP contribution < -0.4 is 4.74 Å². The smallest absolute Gasteiger partial charge is 0.119 e. The molecule has 0 spiro atoms. The summed E-state index contributed by atoms with van der Waals surface area (Å²) in [6.45, 7) is 0.694.